The zero-order valence-corrected chi connectivity index (χ0v) is 33.2. The fourth-order valence-corrected chi connectivity index (χ4v) is 8.46. The van der Waals surface area contributed by atoms with Crippen LogP contribution in [0.4, 0.5) is 0 Å². The lowest BCUT2D eigenvalue weighted by Gasteiger charge is -2.27. The second-order valence-corrected chi connectivity index (χ2v) is 17.1. The highest BCUT2D eigenvalue weighted by Crippen LogP contribution is 2.42. The molecule has 56 heavy (non-hydrogen) atoms. The van der Waals surface area contributed by atoms with Crippen LogP contribution in [0, 0.1) is 0 Å². The van der Waals surface area contributed by atoms with E-state index in [1.165, 1.54) is 89.1 Å². The van der Waals surface area contributed by atoms with Gasteiger partial charge in [-0.2, -0.15) is 0 Å². The maximum atomic E-state index is 2.47. The molecule has 0 fully saturated rings. The van der Waals surface area contributed by atoms with Crippen LogP contribution in [-0.2, 0) is 10.8 Å². The number of benzene rings is 7. The maximum absolute atomic E-state index is 2.47. The molecule has 0 saturated carbocycles. The van der Waals surface area contributed by atoms with E-state index in [0.29, 0.717) is 0 Å². The Bertz CT molecular complexity index is 2510. The summed E-state index contributed by atoms with van der Waals surface area (Å²) in [6.07, 6.45) is 0. The number of aromatic nitrogens is 2. The van der Waals surface area contributed by atoms with Crippen LogP contribution >= 0.6 is 0 Å². The molecule has 9 aromatic rings. The fraction of sp³-hybridized carbons (Fsp3) is 0.148. The van der Waals surface area contributed by atoms with Crippen molar-refractivity contribution in [1.82, 2.24) is 9.13 Å². The van der Waals surface area contributed by atoms with Crippen molar-refractivity contribution in [1.29, 1.82) is 0 Å². The third-order valence-corrected chi connectivity index (χ3v) is 11.2. The van der Waals surface area contributed by atoms with Crippen molar-refractivity contribution in [2.24, 2.45) is 0 Å². The Kier molecular flexibility index (Phi) is 8.66. The second kappa shape index (κ2) is 13.7. The van der Waals surface area contributed by atoms with Gasteiger partial charge in [0.05, 0.1) is 22.8 Å². The summed E-state index contributed by atoms with van der Waals surface area (Å²) < 4.78 is 4.92. The van der Waals surface area contributed by atoms with Gasteiger partial charge in [0.2, 0.25) is 0 Å². The zero-order chi connectivity index (χ0) is 38.6. The Morgan fingerprint density at radius 3 is 0.821 bits per heavy atom. The van der Waals surface area contributed by atoms with Crippen LogP contribution in [0.15, 0.2) is 182 Å². The van der Waals surface area contributed by atoms with Crippen molar-refractivity contribution < 1.29 is 0 Å². The summed E-state index contributed by atoms with van der Waals surface area (Å²) in [4.78, 5) is 0. The SMILES string of the molecule is CC(C)(C)c1cc(-n2c(-c3ccccc3)ccc2-c2ccccc2)cc2cc3c(C(C)(C)C)cc(-n4c(-c5ccccc5)ccc4-c4ccccc4)cc3cc12. The van der Waals surface area contributed by atoms with Gasteiger partial charge in [0.1, 0.15) is 0 Å². The summed E-state index contributed by atoms with van der Waals surface area (Å²) in [5.41, 5.74) is 14.3. The molecule has 2 heteroatoms. The van der Waals surface area contributed by atoms with Crippen LogP contribution < -0.4 is 0 Å². The Morgan fingerprint density at radius 1 is 0.304 bits per heavy atom. The quantitative estimate of drug-likeness (QED) is 0.151. The molecule has 0 unspecified atom stereocenters. The predicted octanol–water partition coefficient (Wildman–Crippen LogP) is 14.8. The first-order chi connectivity index (χ1) is 27.0. The van der Waals surface area contributed by atoms with Gasteiger partial charge < -0.3 is 9.13 Å². The van der Waals surface area contributed by atoms with Gasteiger partial charge in [-0.25, -0.2) is 0 Å². The van der Waals surface area contributed by atoms with Gasteiger partial charge in [-0.1, -0.05) is 163 Å². The molecule has 0 spiro atoms. The minimum atomic E-state index is -0.110. The van der Waals surface area contributed by atoms with Crippen LogP contribution in [0.1, 0.15) is 52.7 Å². The lowest BCUT2D eigenvalue weighted by Crippen LogP contribution is -2.14. The van der Waals surface area contributed by atoms with Gasteiger partial charge in [-0.05, 0) is 126 Å². The fourth-order valence-electron chi connectivity index (χ4n) is 8.46. The van der Waals surface area contributed by atoms with E-state index < -0.39 is 0 Å². The van der Waals surface area contributed by atoms with Crippen molar-refractivity contribution in [3.8, 4) is 56.4 Å². The van der Waals surface area contributed by atoms with E-state index in [1.54, 1.807) is 0 Å². The van der Waals surface area contributed by atoms with Crippen molar-refractivity contribution in [2.45, 2.75) is 52.4 Å². The number of hydrogen-bond acceptors (Lipinski definition) is 0. The minimum absolute atomic E-state index is 0.110. The van der Waals surface area contributed by atoms with E-state index in [-0.39, 0.29) is 10.8 Å². The molecule has 9 rings (SSSR count). The monoisotopic (exact) mass is 724 g/mol. The largest absolute Gasteiger partial charge is 0.309 e. The van der Waals surface area contributed by atoms with E-state index in [9.17, 15) is 0 Å². The Morgan fingerprint density at radius 2 is 0.571 bits per heavy atom. The van der Waals surface area contributed by atoms with Gasteiger partial charge in [-0.15, -0.1) is 0 Å². The number of fused-ring (bicyclic) bond motifs is 2. The second-order valence-electron chi connectivity index (χ2n) is 17.1. The average Bonchev–Trinajstić information content (AvgIpc) is 3.86. The van der Waals surface area contributed by atoms with Crippen LogP contribution in [0.25, 0.3) is 77.9 Å². The molecule has 2 nitrogen and oxygen atoms in total. The molecule has 0 radical (unpaired) electrons. The highest BCUT2D eigenvalue weighted by atomic mass is 15.0. The smallest absolute Gasteiger partial charge is 0.0535 e. The third-order valence-electron chi connectivity index (χ3n) is 11.2. The molecule has 7 aromatic carbocycles. The standard InChI is InChI=1S/C54H48N2/c1-53(2,3)47-35-43(55-49(37-19-11-7-12-20-37)27-28-50(55)38-21-13-8-14-22-38)31-41-34-46-42(33-45(41)47)32-44(36-48(46)54(4,5)6)56-51(39-23-15-9-16-24-39)29-30-52(56)40-25-17-10-18-26-40/h7-36H,1-6H3. The van der Waals surface area contributed by atoms with Crippen LogP contribution in [0.5, 0.6) is 0 Å². The lowest BCUT2D eigenvalue weighted by molar-refractivity contribution is 0.594. The van der Waals surface area contributed by atoms with Crippen LogP contribution in [0.2, 0.25) is 0 Å². The molecule has 2 aromatic heterocycles. The maximum Gasteiger partial charge on any atom is 0.0535 e. The Labute approximate surface area is 331 Å². The van der Waals surface area contributed by atoms with Crippen molar-refractivity contribution >= 4 is 21.5 Å². The van der Waals surface area contributed by atoms with E-state index >= 15 is 0 Å². The summed E-state index contributed by atoms with van der Waals surface area (Å²) >= 11 is 0. The third kappa shape index (κ3) is 6.35. The molecule has 0 saturated heterocycles. The summed E-state index contributed by atoms with van der Waals surface area (Å²) in [6.45, 7) is 14.1. The molecule has 0 bridgehead atoms. The molecule has 0 amide bonds. The molecule has 0 N–H and O–H groups in total. The topological polar surface area (TPSA) is 9.86 Å². The number of nitrogens with zero attached hydrogens (tertiary/aromatic N) is 2. The molecular formula is C54H48N2. The zero-order valence-electron chi connectivity index (χ0n) is 33.2. The summed E-state index contributed by atoms with van der Waals surface area (Å²) in [5, 5.41) is 5.08. The van der Waals surface area contributed by atoms with E-state index in [0.717, 1.165) is 0 Å². The highest BCUT2D eigenvalue weighted by Gasteiger charge is 2.25. The molecule has 0 atom stereocenters. The van der Waals surface area contributed by atoms with Gasteiger partial charge in [-0.3, -0.25) is 0 Å². The molecule has 0 aliphatic carbocycles. The van der Waals surface area contributed by atoms with Gasteiger partial charge in [0.15, 0.2) is 0 Å². The minimum Gasteiger partial charge on any atom is -0.309 e. The van der Waals surface area contributed by atoms with Gasteiger partial charge >= 0.3 is 0 Å². The summed E-state index contributed by atoms with van der Waals surface area (Å²) in [7, 11) is 0. The van der Waals surface area contributed by atoms with Crippen molar-refractivity contribution in [2.75, 3.05) is 0 Å². The Balaban J connectivity index is 1.33. The molecule has 274 valence electrons. The van der Waals surface area contributed by atoms with E-state index in [2.05, 4.69) is 233 Å². The molecule has 0 aliphatic heterocycles. The first kappa shape index (κ1) is 35.3. The first-order valence-electron chi connectivity index (χ1n) is 19.8. The molecule has 2 heterocycles. The normalized spacial score (nSPS) is 12.1. The first-order valence-corrected chi connectivity index (χ1v) is 19.8. The van der Waals surface area contributed by atoms with Crippen LogP contribution in [-0.4, -0.2) is 9.13 Å². The van der Waals surface area contributed by atoms with Gasteiger partial charge in [0.25, 0.3) is 0 Å². The van der Waals surface area contributed by atoms with E-state index in [4.69, 9.17) is 0 Å². The van der Waals surface area contributed by atoms with Crippen molar-refractivity contribution in [3.05, 3.63) is 193 Å². The van der Waals surface area contributed by atoms with Gasteiger partial charge in [0, 0.05) is 11.4 Å². The molecular weight excluding hydrogens is 677 g/mol. The molecule has 0 aliphatic rings. The predicted molar refractivity (Wildman–Crippen MR) is 239 cm³/mol. The number of hydrogen-bond donors (Lipinski definition) is 0. The summed E-state index contributed by atoms with van der Waals surface area (Å²) in [5.74, 6) is 0. The average molecular weight is 725 g/mol. The summed E-state index contributed by atoms with van der Waals surface area (Å²) in [6, 6.07) is 66.8. The van der Waals surface area contributed by atoms with Crippen LogP contribution in [0.3, 0.4) is 0 Å². The highest BCUT2D eigenvalue weighted by molar-refractivity contribution is 6.03. The lowest BCUT2D eigenvalue weighted by atomic mass is 9.80. The van der Waals surface area contributed by atoms with E-state index in [1.807, 2.05) is 0 Å². The Hall–Kier alpha value is -6.38. The number of rotatable bonds is 6. The van der Waals surface area contributed by atoms with Crippen molar-refractivity contribution in [3.63, 3.8) is 0 Å².